The maximum atomic E-state index is 13.6. The van der Waals surface area contributed by atoms with Crippen LogP contribution in [0.5, 0.6) is 0 Å². The minimum Gasteiger partial charge on any atom is -0.336 e. The number of rotatable bonds is 3. The lowest BCUT2D eigenvalue weighted by Gasteiger charge is -2.34. The molecule has 0 aliphatic carbocycles. The molecule has 0 spiro atoms. The van der Waals surface area contributed by atoms with Crippen LogP contribution in [0.25, 0.3) is 10.8 Å². The maximum Gasteiger partial charge on any atom is 0.254 e. The summed E-state index contributed by atoms with van der Waals surface area (Å²) in [6.07, 6.45) is 0. The number of halogens is 1. The van der Waals surface area contributed by atoms with E-state index in [4.69, 9.17) is 0 Å². The van der Waals surface area contributed by atoms with Crippen molar-refractivity contribution in [3.8, 4) is 0 Å². The number of aryl methyl sites for hydroxylation is 1. The first kappa shape index (κ1) is 19.5. The van der Waals surface area contributed by atoms with Gasteiger partial charge in [0, 0.05) is 31.7 Å². The third-order valence-corrected chi connectivity index (χ3v) is 7.35. The van der Waals surface area contributed by atoms with Gasteiger partial charge < -0.3 is 4.90 Å². The quantitative estimate of drug-likeness (QED) is 0.662. The van der Waals surface area contributed by atoms with E-state index in [0.29, 0.717) is 11.1 Å². The number of fused-ring (bicyclic) bond motifs is 1. The van der Waals surface area contributed by atoms with E-state index in [9.17, 15) is 17.6 Å². The number of benzene rings is 3. The molecule has 0 unspecified atom stereocenters. The minimum absolute atomic E-state index is 0.0219. The third-order valence-electron chi connectivity index (χ3n) is 5.31. The highest BCUT2D eigenvalue weighted by atomic mass is 32.2. The van der Waals surface area contributed by atoms with Crippen molar-refractivity contribution in [2.24, 2.45) is 0 Å². The molecule has 0 bridgehead atoms. The number of sulfonamides is 1. The van der Waals surface area contributed by atoms with Crippen LogP contribution in [-0.4, -0.2) is 49.7 Å². The number of carbonyl (C=O) groups excluding carboxylic acids is 1. The van der Waals surface area contributed by atoms with E-state index < -0.39 is 15.8 Å². The van der Waals surface area contributed by atoms with E-state index >= 15 is 0 Å². The first-order chi connectivity index (χ1) is 13.9. The molecule has 3 aromatic rings. The molecule has 1 amide bonds. The molecule has 0 radical (unpaired) electrons. The Bertz CT molecular complexity index is 1180. The van der Waals surface area contributed by atoms with Crippen molar-refractivity contribution in [1.29, 1.82) is 0 Å². The SMILES string of the molecule is Cc1ccc(F)cc1S(=O)(=O)N1CCN(C(=O)c2cccc3ccccc23)CC1. The van der Waals surface area contributed by atoms with Crippen molar-refractivity contribution in [3.05, 3.63) is 77.6 Å². The second-order valence-electron chi connectivity index (χ2n) is 7.13. The Hall–Kier alpha value is -2.77. The Morgan fingerprint density at radius 2 is 1.62 bits per heavy atom. The lowest BCUT2D eigenvalue weighted by atomic mass is 10.0. The lowest BCUT2D eigenvalue weighted by molar-refractivity contribution is 0.0700. The number of nitrogens with zero attached hydrogens (tertiary/aromatic N) is 2. The molecule has 1 saturated heterocycles. The zero-order valence-corrected chi connectivity index (χ0v) is 16.8. The summed E-state index contributed by atoms with van der Waals surface area (Å²) in [6, 6.07) is 17.0. The number of hydrogen-bond donors (Lipinski definition) is 0. The van der Waals surface area contributed by atoms with Crippen LogP contribution in [0, 0.1) is 12.7 Å². The highest BCUT2D eigenvalue weighted by molar-refractivity contribution is 7.89. The van der Waals surface area contributed by atoms with Crippen LogP contribution in [-0.2, 0) is 10.0 Å². The normalized spacial score (nSPS) is 15.6. The molecular weight excluding hydrogens is 391 g/mol. The highest BCUT2D eigenvalue weighted by Crippen LogP contribution is 2.24. The second-order valence-corrected chi connectivity index (χ2v) is 9.04. The Morgan fingerprint density at radius 1 is 0.931 bits per heavy atom. The topological polar surface area (TPSA) is 57.7 Å². The van der Waals surface area contributed by atoms with Crippen LogP contribution < -0.4 is 0 Å². The number of amides is 1. The van der Waals surface area contributed by atoms with E-state index in [1.165, 1.54) is 16.4 Å². The summed E-state index contributed by atoms with van der Waals surface area (Å²) >= 11 is 0. The van der Waals surface area contributed by atoms with Gasteiger partial charge >= 0.3 is 0 Å². The predicted octanol–water partition coefficient (Wildman–Crippen LogP) is 3.43. The Labute approximate surface area is 169 Å². The molecule has 0 N–H and O–H groups in total. The second kappa shape index (κ2) is 7.57. The highest BCUT2D eigenvalue weighted by Gasteiger charge is 2.31. The largest absolute Gasteiger partial charge is 0.336 e. The maximum absolute atomic E-state index is 13.6. The van der Waals surface area contributed by atoms with Crippen LogP contribution in [0.15, 0.2) is 65.6 Å². The van der Waals surface area contributed by atoms with Gasteiger partial charge in [-0.3, -0.25) is 4.79 Å². The molecule has 4 rings (SSSR count). The fourth-order valence-corrected chi connectivity index (χ4v) is 5.36. The van der Waals surface area contributed by atoms with Crippen LogP contribution in [0.3, 0.4) is 0 Å². The fourth-order valence-electron chi connectivity index (χ4n) is 3.70. The fraction of sp³-hybridized carbons (Fsp3) is 0.227. The molecule has 1 aliphatic heterocycles. The summed E-state index contributed by atoms with van der Waals surface area (Å²) in [5, 5.41) is 1.87. The van der Waals surface area contributed by atoms with Crippen molar-refractivity contribution in [3.63, 3.8) is 0 Å². The molecule has 0 atom stereocenters. The van der Waals surface area contributed by atoms with E-state index in [1.54, 1.807) is 17.9 Å². The molecule has 5 nitrogen and oxygen atoms in total. The molecule has 0 aromatic heterocycles. The molecule has 1 aliphatic rings. The monoisotopic (exact) mass is 412 g/mol. The van der Waals surface area contributed by atoms with Gasteiger partial charge in [0.2, 0.25) is 10.0 Å². The average Bonchev–Trinajstić information content (AvgIpc) is 2.74. The smallest absolute Gasteiger partial charge is 0.254 e. The third kappa shape index (κ3) is 3.63. The zero-order chi connectivity index (χ0) is 20.6. The van der Waals surface area contributed by atoms with Gasteiger partial charge in [0.15, 0.2) is 0 Å². The lowest BCUT2D eigenvalue weighted by Crippen LogP contribution is -2.50. The van der Waals surface area contributed by atoms with Crippen molar-refractivity contribution in [2.45, 2.75) is 11.8 Å². The van der Waals surface area contributed by atoms with Gasteiger partial charge in [0.1, 0.15) is 5.82 Å². The summed E-state index contributed by atoms with van der Waals surface area (Å²) in [5.74, 6) is -0.695. The molecular formula is C22H21FN2O3S. The average molecular weight is 412 g/mol. The molecule has 1 heterocycles. The van der Waals surface area contributed by atoms with E-state index in [0.717, 1.165) is 16.8 Å². The van der Waals surface area contributed by atoms with Gasteiger partial charge in [-0.2, -0.15) is 4.31 Å². The summed E-state index contributed by atoms with van der Waals surface area (Å²) in [6.45, 7) is 2.57. The summed E-state index contributed by atoms with van der Waals surface area (Å²) in [7, 11) is -3.81. The van der Waals surface area contributed by atoms with Crippen molar-refractivity contribution >= 4 is 26.7 Å². The molecule has 1 fully saturated rings. The Balaban J connectivity index is 1.53. The Morgan fingerprint density at radius 3 is 2.38 bits per heavy atom. The minimum atomic E-state index is -3.81. The number of hydrogen-bond acceptors (Lipinski definition) is 3. The summed E-state index contributed by atoms with van der Waals surface area (Å²) in [4.78, 5) is 14.7. The summed E-state index contributed by atoms with van der Waals surface area (Å²) in [5.41, 5.74) is 1.11. The molecule has 3 aromatic carbocycles. The van der Waals surface area contributed by atoms with Gasteiger partial charge in [0.25, 0.3) is 5.91 Å². The standard InChI is InChI=1S/C22H21FN2O3S/c1-16-9-10-18(23)15-21(16)29(27,28)25-13-11-24(12-14-25)22(26)20-8-4-6-17-5-2-3-7-19(17)20/h2-10,15H,11-14H2,1H3. The number of carbonyl (C=O) groups is 1. The van der Waals surface area contributed by atoms with Crippen LogP contribution in [0.2, 0.25) is 0 Å². The number of piperazine rings is 1. The van der Waals surface area contributed by atoms with Gasteiger partial charge in [-0.1, -0.05) is 42.5 Å². The Kier molecular flexibility index (Phi) is 5.10. The van der Waals surface area contributed by atoms with Gasteiger partial charge in [-0.25, -0.2) is 12.8 Å². The van der Waals surface area contributed by atoms with E-state index in [-0.39, 0.29) is 37.0 Å². The predicted molar refractivity (Wildman–Crippen MR) is 110 cm³/mol. The molecule has 7 heteroatoms. The first-order valence-electron chi connectivity index (χ1n) is 9.41. The van der Waals surface area contributed by atoms with Crippen LogP contribution in [0.4, 0.5) is 4.39 Å². The summed E-state index contributed by atoms with van der Waals surface area (Å²) < 4.78 is 40.8. The first-order valence-corrected chi connectivity index (χ1v) is 10.9. The van der Waals surface area contributed by atoms with Crippen LogP contribution >= 0.6 is 0 Å². The van der Waals surface area contributed by atoms with Gasteiger partial charge in [0.05, 0.1) is 4.90 Å². The van der Waals surface area contributed by atoms with Gasteiger partial charge in [-0.15, -0.1) is 0 Å². The van der Waals surface area contributed by atoms with Crippen LogP contribution in [0.1, 0.15) is 15.9 Å². The van der Waals surface area contributed by atoms with Crippen molar-refractivity contribution in [1.82, 2.24) is 9.21 Å². The van der Waals surface area contributed by atoms with Crippen molar-refractivity contribution in [2.75, 3.05) is 26.2 Å². The van der Waals surface area contributed by atoms with E-state index in [1.807, 2.05) is 36.4 Å². The molecule has 0 saturated carbocycles. The zero-order valence-electron chi connectivity index (χ0n) is 16.0. The van der Waals surface area contributed by atoms with Crippen molar-refractivity contribution < 1.29 is 17.6 Å². The molecule has 29 heavy (non-hydrogen) atoms. The van der Waals surface area contributed by atoms with E-state index in [2.05, 4.69) is 0 Å². The van der Waals surface area contributed by atoms with Gasteiger partial charge in [-0.05, 0) is 41.5 Å². The molecule has 150 valence electrons.